The summed E-state index contributed by atoms with van der Waals surface area (Å²) in [5.74, 6) is 0.874. The highest BCUT2D eigenvalue weighted by molar-refractivity contribution is 5.47. The number of nitrogens with one attached hydrogen (secondary N) is 1. The molecule has 2 heteroatoms. The van der Waals surface area contributed by atoms with Crippen LogP contribution in [0, 0.1) is 16.7 Å². The zero-order chi connectivity index (χ0) is 14.4. The van der Waals surface area contributed by atoms with Crippen LogP contribution in [-0.4, -0.2) is 17.8 Å². The Bertz CT molecular complexity index is 474. The third kappa shape index (κ3) is 2.14. The van der Waals surface area contributed by atoms with Crippen LogP contribution in [0.5, 0.6) is 0 Å². The molecule has 1 aromatic rings. The van der Waals surface area contributed by atoms with Crippen LogP contribution in [0.4, 0.5) is 5.69 Å². The Morgan fingerprint density at radius 3 is 2.45 bits per heavy atom. The van der Waals surface area contributed by atoms with Crippen molar-refractivity contribution in [2.24, 2.45) is 16.7 Å². The van der Waals surface area contributed by atoms with Gasteiger partial charge in [0.2, 0.25) is 0 Å². The van der Waals surface area contributed by atoms with Crippen LogP contribution in [0.25, 0.3) is 0 Å². The Morgan fingerprint density at radius 1 is 1.20 bits per heavy atom. The number of hydrogen-bond acceptors (Lipinski definition) is 2. The molecule has 0 saturated heterocycles. The molecule has 0 spiro atoms. The average Bonchev–Trinajstić information content (AvgIpc) is 2.88. The van der Waals surface area contributed by atoms with E-state index in [1.54, 1.807) is 0 Å². The molecule has 2 aliphatic rings. The summed E-state index contributed by atoms with van der Waals surface area (Å²) in [7, 11) is 0. The van der Waals surface area contributed by atoms with Crippen molar-refractivity contribution in [2.45, 2.75) is 52.5 Å². The van der Waals surface area contributed by atoms with Crippen molar-refractivity contribution in [3.05, 3.63) is 29.8 Å². The van der Waals surface area contributed by atoms with Gasteiger partial charge in [0.25, 0.3) is 0 Å². The van der Waals surface area contributed by atoms with Crippen molar-refractivity contribution >= 4 is 5.69 Å². The molecular weight excluding hydrogens is 246 g/mol. The topological polar surface area (TPSA) is 32.3 Å². The van der Waals surface area contributed by atoms with E-state index in [2.05, 4.69) is 50.4 Å². The molecule has 0 amide bonds. The zero-order valence-corrected chi connectivity index (χ0v) is 12.9. The van der Waals surface area contributed by atoms with Gasteiger partial charge in [0.15, 0.2) is 0 Å². The van der Waals surface area contributed by atoms with E-state index in [1.165, 1.54) is 30.5 Å². The van der Waals surface area contributed by atoms with Crippen LogP contribution < -0.4 is 5.32 Å². The van der Waals surface area contributed by atoms with Crippen LogP contribution in [0.3, 0.4) is 0 Å². The van der Waals surface area contributed by atoms with E-state index in [9.17, 15) is 0 Å². The quantitative estimate of drug-likeness (QED) is 0.873. The normalized spacial score (nSPS) is 34.4. The first-order valence-corrected chi connectivity index (χ1v) is 7.92. The van der Waals surface area contributed by atoms with Gasteiger partial charge in [-0.2, -0.15) is 0 Å². The molecule has 20 heavy (non-hydrogen) atoms. The van der Waals surface area contributed by atoms with Gasteiger partial charge in [-0.15, -0.1) is 0 Å². The van der Waals surface area contributed by atoms with Gasteiger partial charge in [-0.05, 0) is 60.1 Å². The Labute approximate surface area is 122 Å². The summed E-state index contributed by atoms with van der Waals surface area (Å²) in [5.41, 5.74) is 3.27. The fraction of sp³-hybridized carbons (Fsp3) is 0.667. The Morgan fingerprint density at radius 2 is 1.90 bits per heavy atom. The number of anilines is 1. The number of hydrogen-bond donors (Lipinski definition) is 2. The molecule has 2 N–H and O–H groups in total. The SMILES string of the molecule is CC1(C)C(Nc2ccc(CCO)cc2)[C@]2(C)CC[C@H]1C2. The van der Waals surface area contributed by atoms with Gasteiger partial charge >= 0.3 is 0 Å². The third-order valence-corrected chi connectivity index (χ3v) is 5.94. The summed E-state index contributed by atoms with van der Waals surface area (Å²) < 4.78 is 0. The van der Waals surface area contributed by atoms with Gasteiger partial charge in [-0.3, -0.25) is 0 Å². The summed E-state index contributed by atoms with van der Waals surface area (Å²) in [6, 6.07) is 9.15. The predicted octanol–water partition coefficient (Wildman–Crippen LogP) is 3.85. The maximum Gasteiger partial charge on any atom is 0.0471 e. The Hall–Kier alpha value is -1.02. The van der Waals surface area contributed by atoms with Crippen molar-refractivity contribution in [2.75, 3.05) is 11.9 Å². The number of aliphatic hydroxyl groups is 1. The van der Waals surface area contributed by atoms with Gasteiger partial charge in [0.05, 0.1) is 0 Å². The van der Waals surface area contributed by atoms with Gasteiger partial charge < -0.3 is 10.4 Å². The lowest BCUT2D eigenvalue weighted by Gasteiger charge is -2.43. The molecule has 110 valence electrons. The van der Waals surface area contributed by atoms with Gasteiger partial charge in [-0.25, -0.2) is 0 Å². The molecule has 0 aromatic heterocycles. The number of rotatable bonds is 4. The van der Waals surface area contributed by atoms with E-state index in [0.29, 0.717) is 16.9 Å². The number of benzene rings is 1. The Balaban J connectivity index is 1.77. The minimum absolute atomic E-state index is 0.224. The van der Waals surface area contributed by atoms with Gasteiger partial charge in [0, 0.05) is 18.3 Å². The van der Waals surface area contributed by atoms with Crippen LogP contribution in [0.15, 0.2) is 24.3 Å². The summed E-state index contributed by atoms with van der Waals surface area (Å²) in [4.78, 5) is 0. The van der Waals surface area contributed by atoms with E-state index >= 15 is 0 Å². The van der Waals surface area contributed by atoms with Crippen molar-refractivity contribution in [1.29, 1.82) is 0 Å². The molecule has 2 aliphatic carbocycles. The molecule has 2 saturated carbocycles. The first kappa shape index (κ1) is 13.9. The van der Waals surface area contributed by atoms with Crippen LogP contribution in [0.2, 0.25) is 0 Å². The molecule has 1 aromatic carbocycles. The average molecular weight is 273 g/mol. The van der Waals surface area contributed by atoms with E-state index in [0.717, 1.165) is 12.3 Å². The van der Waals surface area contributed by atoms with Crippen LogP contribution >= 0.6 is 0 Å². The zero-order valence-electron chi connectivity index (χ0n) is 12.9. The summed E-state index contributed by atoms with van der Waals surface area (Å²) in [6.45, 7) is 7.54. The first-order chi connectivity index (χ1) is 9.45. The fourth-order valence-corrected chi connectivity index (χ4v) is 4.73. The number of aliphatic hydroxyl groups excluding tert-OH is 1. The lowest BCUT2D eigenvalue weighted by molar-refractivity contribution is 0.155. The second kappa shape index (κ2) is 4.77. The molecule has 3 rings (SSSR count). The second-order valence-corrected chi connectivity index (χ2v) is 7.66. The van der Waals surface area contributed by atoms with Crippen molar-refractivity contribution in [3.63, 3.8) is 0 Å². The minimum atomic E-state index is 0.224. The highest BCUT2D eigenvalue weighted by Crippen LogP contribution is 2.63. The predicted molar refractivity (Wildman–Crippen MR) is 83.9 cm³/mol. The summed E-state index contributed by atoms with van der Waals surface area (Å²) >= 11 is 0. The largest absolute Gasteiger partial charge is 0.396 e. The van der Waals surface area contributed by atoms with E-state index in [1.807, 2.05) is 0 Å². The van der Waals surface area contributed by atoms with Crippen LogP contribution in [0.1, 0.15) is 45.6 Å². The fourth-order valence-electron chi connectivity index (χ4n) is 4.73. The lowest BCUT2D eigenvalue weighted by atomic mass is 9.68. The summed E-state index contributed by atoms with van der Waals surface area (Å²) in [6.07, 6.45) is 4.88. The van der Waals surface area contributed by atoms with Crippen LogP contribution in [-0.2, 0) is 6.42 Å². The molecular formula is C18H27NO. The molecule has 2 nitrogen and oxygen atoms in total. The van der Waals surface area contributed by atoms with Gasteiger partial charge in [-0.1, -0.05) is 32.9 Å². The molecule has 2 fully saturated rings. The van der Waals surface area contributed by atoms with Crippen molar-refractivity contribution in [3.8, 4) is 0 Å². The Kier molecular flexibility index (Phi) is 3.32. The molecule has 2 bridgehead atoms. The highest BCUT2D eigenvalue weighted by Gasteiger charge is 2.59. The smallest absolute Gasteiger partial charge is 0.0471 e. The highest BCUT2D eigenvalue weighted by atomic mass is 16.2. The number of fused-ring (bicyclic) bond motifs is 2. The van der Waals surface area contributed by atoms with Gasteiger partial charge in [0.1, 0.15) is 0 Å². The third-order valence-electron chi connectivity index (χ3n) is 5.94. The van der Waals surface area contributed by atoms with E-state index in [-0.39, 0.29) is 6.61 Å². The molecule has 0 radical (unpaired) electrons. The minimum Gasteiger partial charge on any atom is -0.396 e. The maximum atomic E-state index is 8.98. The molecule has 3 atom stereocenters. The van der Waals surface area contributed by atoms with E-state index < -0.39 is 0 Å². The monoisotopic (exact) mass is 273 g/mol. The second-order valence-electron chi connectivity index (χ2n) is 7.66. The van der Waals surface area contributed by atoms with Crippen molar-refractivity contribution < 1.29 is 5.11 Å². The molecule has 1 unspecified atom stereocenters. The molecule has 0 heterocycles. The van der Waals surface area contributed by atoms with Crippen molar-refractivity contribution in [1.82, 2.24) is 0 Å². The maximum absolute atomic E-state index is 8.98. The first-order valence-electron chi connectivity index (χ1n) is 7.92. The lowest BCUT2D eigenvalue weighted by Crippen LogP contribution is -2.45. The van der Waals surface area contributed by atoms with E-state index in [4.69, 9.17) is 5.11 Å². The standard InChI is InChI=1S/C18H27NO/c1-17(2)14-8-10-18(3,12-14)16(17)19-15-6-4-13(5-7-15)9-11-20/h4-7,14,16,19-20H,8-12H2,1-3H3/t14-,16?,18+/m0/s1. The summed E-state index contributed by atoms with van der Waals surface area (Å²) in [5, 5.41) is 12.8. The molecule has 0 aliphatic heterocycles.